The molecule has 0 unspecified atom stereocenters. The molecule has 2 aromatic carbocycles. The zero-order valence-electron chi connectivity index (χ0n) is 19.7. The van der Waals surface area contributed by atoms with Gasteiger partial charge in [-0.25, -0.2) is 9.97 Å². The van der Waals surface area contributed by atoms with Gasteiger partial charge in [-0.05, 0) is 43.7 Å². The van der Waals surface area contributed by atoms with E-state index in [9.17, 15) is 4.79 Å². The maximum atomic E-state index is 12.9. The third-order valence-corrected chi connectivity index (χ3v) is 7.12. The van der Waals surface area contributed by atoms with Crippen molar-refractivity contribution in [2.24, 2.45) is 0 Å². The van der Waals surface area contributed by atoms with Gasteiger partial charge in [0.2, 0.25) is 0 Å². The highest BCUT2D eigenvalue weighted by atomic mass is 35.5. The Bertz CT molecular complexity index is 1230. The number of ketones is 1. The summed E-state index contributed by atoms with van der Waals surface area (Å²) in [6.07, 6.45) is 2.64. The number of aromatic nitrogens is 2. The van der Waals surface area contributed by atoms with E-state index in [-0.39, 0.29) is 5.78 Å². The van der Waals surface area contributed by atoms with Crippen LogP contribution in [0.15, 0.2) is 42.5 Å². The van der Waals surface area contributed by atoms with Gasteiger partial charge in [0.1, 0.15) is 28.7 Å². The minimum Gasteiger partial charge on any atom is -0.497 e. The number of rotatable bonds is 4. The van der Waals surface area contributed by atoms with Crippen LogP contribution >= 0.6 is 11.6 Å². The number of benzene rings is 2. The molecule has 5 rings (SSSR count). The number of fused-ring (bicyclic) bond motifs is 1. The molecule has 176 valence electrons. The lowest BCUT2D eigenvalue weighted by atomic mass is 9.82. The molecule has 7 heteroatoms. The molecule has 3 aromatic rings. The van der Waals surface area contributed by atoms with E-state index in [0.717, 1.165) is 60.3 Å². The predicted octanol–water partition coefficient (Wildman–Crippen LogP) is 5.35. The van der Waals surface area contributed by atoms with E-state index in [0.29, 0.717) is 23.5 Å². The SMILES string of the molecule is COc1ccc2c(c1)OC1(CCN(c3nc(C)nc(C)c3Cc3ccc(Cl)cc3)CC1)CC2=O. The van der Waals surface area contributed by atoms with Crippen molar-refractivity contribution in [3.05, 3.63) is 75.7 Å². The van der Waals surface area contributed by atoms with Crippen molar-refractivity contribution < 1.29 is 14.3 Å². The molecule has 1 spiro atoms. The van der Waals surface area contributed by atoms with Gasteiger partial charge >= 0.3 is 0 Å². The van der Waals surface area contributed by atoms with Gasteiger partial charge < -0.3 is 14.4 Å². The number of piperidine rings is 1. The topological polar surface area (TPSA) is 64.6 Å². The fourth-order valence-electron chi connectivity index (χ4n) is 5.00. The number of anilines is 1. The largest absolute Gasteiger partial charge is 0.497 e. The van der Waals surface area contributed by atoms with Crippen molar-refractivity contribution in [2.45, 2.75) is 45.1 Å². The van der Waals surface area contributed by atoms with Gasteiger partial charge in [-0.3, -0.25) is 4.79 Å². The molecule has 0 aliphatic carbocycles. The molecule has 3 heterocycles. The number of halogens is 1. The Morgan fingerprint density at radius 3 is 2.53 bits per heavy atom. The van der Waals surface area contributed by atoms with Crippen LogP contribution < -0.4 is 14.4 Å². The summed E-state index contributed by atoms with van der Waals surface area (Å²) in [6.45, 7) is 5.50. The number of hydrogen-bond acceptors (Lipinski definition) is 6. The van der Waals surface area contributed by atoms with Crippen molar-refractivity contribution >= 4 is 23.2 Å². The van der Waals surface area contributed by atoms with Crippen LogP contribution in [0.4, 0.5) is 5.82 Å². The van der Waals surface area contributed by atoms with Crippen LogP contribution in [0, 0.1) is 13.8 Å². The van der Waals surface area contributed by atoms with E-state index in [1.165, 1.54) is 5.56 Å². The zero-order valence-corrected chi connectivity index (χ0v) is 20.5. The van der Waals surface area contributed by atoms with Crippen molar-refractivity contribution in [2.75, 3.05) is 25.1 Å². The van der Waals surface area contributed by atoms with E-state index in [2.05, 4.69) is 9.88 Å². The molecular weight excluding hydrogens is 450 g/mol. The predicted molar refractivity (Wildman–Crippen MR) is 133 cm³/mol. The molecule has 0 bridgehead atoms. The molecule has 2 aliphatic heterocycles. The monoisotopic (exact) mass is 477 g/mol. The third-order valence-electron chi connectivity index (χ3n) is 6.87. The van der Waals surface area contributed by atoms with Crippen LogP contribution in [0.2, 0.25) is 5.02 Å². The summed E-state index contributed by atoms with van der Waals surface area (Å²) >= 11 is 6.07. The second kappa shape index (κ2) is 8.91. The number of methoxy groups -OCH3 is 1. The van der Waals surface area contributed by atoms with Crippen LogP contribution in [0.5, 0.6) is 11.5 Å². The third kappa shape index (κ3) is 4.34. The van der Waals surface area contributed by atoms with Crippen molar-refractivity contribution in [3.63, 3.8) is 0 Å². The molecule has 0 radical (unpaired) electrons. The highest BCUT2D eigenvalue weighted by molar-refractivity contribution is 6.30. The number of hydrogen-bond donors (Lipinski definition) is 0. The molecule has 0 atom stereocenters. The van der Waals surface area contributed by atoms with Crippen LogP contribution in [0.3, 0.4) is 0 Å². The average Bonchev–Trinajstić information content (AvgIpc) is 2.82. The fourth-order valence-corrected chi connectivity index (χ4v) is 5.13. The fraction of sp³-hybridized carbons (Fsp3) is 0.370. The van der Waals surface area contributed by atoms with Crippen molar-refractivity contribution in [1.29, 1.82) is 0 Å². The Balaban J connectivity index is 1.38. The summed E-state index contributed by atoms with van der Waals surface area (Å²) in [5, 5.41) is 0.725. The number of aryl methyl sites for hydroxylation is 2. The van der Waals surface area contributed by atoms with E-state index < -0.39 is 5.60 Å². The number of Topliss-reactive ketones (excluding diaryl/α,β-unsaturated/α-hetero) is 1. The molecular formula is C27H28ClN3O3. The van der Waals surface area contributed by atoms with E-state index >= 15 is 0 Å². The first-order valence-electron chi connectivity index (χ1n) is 11.6. The van der Waals surface area contributed by atoms with Crippen LogP contribution in [0.1, 0.15) is 52.3 Å². The summed E-state index contributed by atoms with van der Waals surface area (Å²) in [5.74, 6) is 3.19. The lowest BCUT2D eigenvalue weighted by molar-refractivity contribution is 0.0229. The first-order chi connectivity index (χ1) is 16.4. The van der Waals surface area contributed by atoms with Crippen LogP contribution in [-0.4, -0.2) is 41.6 Å². The molecule has 0 N–H and O–H groups in total. The molecule has 0 saturated carbocycles. The van der Waals surface area contributed by atoms with Crippen LogP contribution in [0.25, 0.3) is 0 Å². The maximum Gasteiger partial charge on any atom is 0.170 e. The van der Waals surface area contributed by atoms with Gasteiger partial charge in [0, 0.05) is 54.7 Å². The lowest BCUT2D eigenvalue weighted by Gasteiger charge is -2.44. The van der Waals surface area contributed by atoms with Gasteiger partial charge in [-0.2, -0.15) is 0 Å². The highest BCUT2D eigenvalue weighted by Gasteiger charge is 2.43. The Morgan fingerprint density at radius 2 is 1.82 bits per heavy atom. The lowest BCUT2D eigenvalue weighted by Crippen LogP contribution is -2.51. The average molecular weight is 478 g/mol. The Kier molecular flexibility index (Phi) is 5.94. The Labute approximate surface area is 204 Å². The number of ether oxygens (including phenoxy) is 2. The zero-order chi connectivity index (χ0) is 23.9. The Morgan fingerprint density at radius 1 is 1.09 bits per heavy atom. The maximum absolute atomic E-state index is 12.9. The van der Waals surface area contributed by atoms with E-state index in [4.69, 9.17) is 26.1 Å². The number of nitrogens with zero attached hydrogens (tertiary/aromatic N) is 3. The second-order valence-electron chi connectivity index (χ2n) is 9.20. The normalized spacial score (nSPS) is 16.8. The highest BCUT2D eigenvalue weighted by Crippen LogP contribution is 2.41. The summed E-state index contributed by atoms with van der Waals surface area (Å²) in [5.41, 5.74) is 3.44. The van der Waals surface area contributed by atoms with Gasteiger partial charge in [-0.1, -0.05) is 23.7 Å². The Hall–Kier alpha value is -3.12. The molecule has 0 amide bonds. The van der Waals surface area contributed by atoms with Gasteiger partial charge in [0.25, 0.3) is 0 Å². The second-order valence-corrected chi connectivity index (χ2v) is 9.63. The van der Waals surface area contributed by atoms with Crippen LogP contribution in [-0.2, 0) is 6.42 Å². The minimum absolute atomic E-state index is 0.134. The molecule has 2 aliphatic rings. The summed E-state index contributed by atoms with van der Waals surface area (Å²) < 4.78 is 11.8. The summed E-state index contributed by atoms with van der Waals surface area (Å²) in [4.78, 5) is 24.7. The molecule has 6 nitrogen and oxygen atoms in total. The van der Waals surface area contributed by atoms with Gasteiger partial charge in [0.15, 0.2) is 5.78 Å². The first kappa shape index (κ1) is 22.7. The minimum atomic E-state index is -0.486. The van der Waals surface area contributed by atoms with Crippen molar-refractivity contribution in [3.8, 4) is 11.5 Å². The van der Waals surface area contributed by atoms with Gasteiger partial charge in [0.05, 0.1) is 19.1 Å². The molecule has 1 aromatic heterocycles. The standard InChI is InChI=1S/C27H28ClN3O3/c1-17-23(14-19-4-6-20(28)7-5-19)26(30-18(2)29-17)31-12-10-27(11-13-31)16-24(32)22-9-8-21(33-3)15-25(22)34-27/h4-9,15H,10-14,16H2,1-3H3. The first-order valence-corrected chi connectivity index (χ1v) is 12.0. The quantitative estimate of drug-likeness (QED) is 0.504. The van der Waals surface area contributed by atoms with Crippen molar-refractivity contribution in [1.82, 2.24) is 9.97 Å². The summed E-state index contributed by atoms with van der Waals surface area (Å²) in [7, 11) is 1.62. The number of carbonyl (C=O) groups is 1. The summed E-state index contributed by atoms with van der Waals surface area (Å²) in [6, 6.07) is 13.3. The molecule has 1 fully saturated rings. The molecule has 1 saturated heterocycles. The van der Waals surface area contributed by atoms with E-state index in [1.807, 2.05) is 50.2 Å². The number of carbonyl (C=O) groups excluding carboxylic acids is 1. The molecule has 34 heavy (non-hydrogen) atoms. The van der Waals surface area contributed by atoms with E-state index in [1.54, 1.807) is 13.2 Å². The smallest absolute Gasteiger partial charge is 0.170 e. The van der Waals surface area contributed by atoms with Gasteiger partial charge in [-0.15, -0.1) is 0 Å².